The molecule has 6 nitrogen and oxygen atoms in total. The number of likely N-dealkylation sites (tertiary alicyclic amines) is 2. The topological polar surface area (TPSA) is 59.1 Å². The molecule has 2 heterocycles. The molecule has 0 saturated carbocycles. The van der Waals surface area contributed by atoms with E-state index in [0.717, 1.165) is 64.5 Å². The van der Waals surface area contributed by atoms with E-state index in [1.807, 2.05) is 7.11 Å². The number of piperidine rings is 2. The third kappa shape index (κ3) is 8.66. The molecule has 2 aliphatic heterocycles. The number of ketones is 1. The van der Waals surface area contributed by atoms with E-state index in [9.17, 15) is 9.59 Å². The Kier molecular flexibility index (Phi) is 12.3. The lowest BCUT2D eigenvalue weighted by atomic mass is 9.74. The number of hydrogen-bond donors (Lipinski definition) is 0. The van der Waals surface area contributed by atoms with Gasteiger partial charge in [0.1, 0.15) is 17.3 Å². The van der Waals surface area contributed by atoms with Crippen LogP contribution >= 0.6 is 0 Å². The van der Waals surface area contributed by atoms with Gasteiger partial charge in [0.05, 0.1) is 6.10 Å². The van der Waals surface area contributed by atoms with Gasteiger partial charge in [-0.25, -0.2) is 0 Å². The summed E-state index contributed by atoms with van der Waals surface area (Å²) in [6, 6.07) is 0. The predicted molar refractivity (Wildman–Crippen MR) is 170 cm³/mol. The molecule has 0 aromatic carbocycles. The standard InChI is InChI=1S/C35H64N2O4/c1-13-15-19-35(27(3)38,20-16-14-2)30(39)41-29-25-33(8,9)37(34(10,11)26-29)22-18-17-21-36-31(4,5)23-28(40-12)24-32(36,6)7/h17-18,28-29H,13-16,19-26H2,1-12H3. The maximum atomic E-state index is 13.7. The summed E-state index contributed by atoms with van der Waals surface area (Å²) in [5.41, 5.74) is -1.18. The fourth-order valence-corrected chi connectivity index (χ4v) is 8.10. The van der Waals surface area contributed by atoms with Gasteiger partial charge in [0.2, 0.25) is 0 Å². The van der Waals surface area contributed by atoms with Gasteiger partial charge in [0, 0.05) is 55.2 Å². The Labute approximate surface area is 253 Å². The Balaban J connectivity index is 2.13. The molecule has 0 bridgehead atoms. The van der Waals surface area contributed by atoms with Crippen molar-refractivity contribution in [3.63, 3.8) is 0 Å². The molecule has 238 valence electrons. The van der Waals surface area contributed by atoms with Gasteiger partial charge < -0.3 is 9.47 Å². The molecule has 0 atom stereocenters. The van der Waals surface area contributed by atoms with E-state index in [4.69, 9.17) is 9.47 Å². The van der Waals surface area contributed by atoms with E-state index in [2.05, 4.69) is 91.2 Å². The number of ether oxygens (including phenoxy) is 2. The third-order valence-corrected chi connectivity index (χ3v) is 10.2. The monoisotopic (exact) mass is 576 g/mol. The Morgan fingerprint density at radius 1 is 0.732 bits per heavy atom. The van der Waals surface area contributed by atoms with Crippen molar-refractivity contribution >= 4 is 11.8 Å². The van der Waals surface area contributed by atoms with Crippen LogP contribution in [-0.4, -0.2) is 76.1 Å². The summed E-state index contributed by atoms with van der Waals surface area (Å²) in [4.78, 5) is 31.8. The van der Waals surface area contributed by atoms with Gasteiger partial charge in [-0.05, 0) is 88.0 Å². The fraction of sp³-hybridized carbons (Fsp3) is 0.886. The predicted octanol–water partition coefficient (Wildman–Crippen LogP) is 7.73. The van der Waals surface area contributed by atoms with Crippen molar-refractivity contribution < 1.29 is 19.1 Å². The second-order valence-corrected chi connectivity index (χ2v) is 15.5. The van der Waals surface area contributed by atoms with E-state index in [-0.39, 0.29) is 40.0 Å². The van der Waals surface area contributed by atoms with Crippen molar-refractivity contribution in [2.75, 3.05) is 20.2 Å². The molecule has 6 heteroatoms. The summed E-state index contributed by atoms with van der Waals surface area (Å²) in [5.74, 6) is -0.331. The highest BCUT2D eigenvalue weighted by molar-refractivity contribution is 6.02. The molecule has 2 aliphatic rings. The van der Waals surface area contributed by atoms with Crippen LogP contribution in [0.2, 0.25) is 0 Å². The number of Topliss-reactive ketones (excluding diaryl/α,β-unsaturated/α-hetero) is 1. The Morgan fingerprint density at radius 2 is 1.10 bits per heavy atom. The van der Waals surface area contributed by atoms with Crippen molar-refractivity contribution in [1.82, 2.24) is 9.80 Å². The average molecular weight is 577 g/mol. The Morgan fingerprint density at radius 3 is 1.41 bits per heavy atom. The average Bonchev–Trinajstić information content (AvgIpc) is 2.82. The van der Waals surface area contributed by atoms with Crippen LogP contribution in [0.1, 0.15) is 140 Å². The van der Waals surface area contributed by atoms with Crippen LogP contribution in [0.4, 0.5) is 0 Å². The minimum atomic E-state index is -1.00. The van der Waals surface area contributed by atoms with Crippen molar-refractivity contribution in [3.8, 4) is 0 Å². The minimum absolute atomic E-state index is 0.0386. The number of nitrogens with zero attached hydrogens (tertiary/aromatic N) is 2. The zero-order valence-corrected chi connectivity index (χ0v) is 28.8. The highest BCUT2D eigenvalue weighted by atomic mass is 16.5. The number of rotatable bonds is 14. The lowest BCUT2D eigenvalue weighted by Crippen LogP contribution is -2.62. The van der Waals surface area contributed by atoms with Crippen LogP contribution < -0.4 is 0 Å². The van der Waals surface area contributed by atoms with Crippen LogP contribution in [0.5, 0.6) is 0 Å². The van der Waals surface area contributed by atoms with Gasteiger partial charge >= 0.3 is 5.97 Å². The summed E-state index contributed by atoms with van der Waals surface area (Å²) in [7, 11) is 1.83. The van der Waals surface area contributed by atoms with Gasteiger partial charge in [-0.3, -0.25) is 19.4 Å². The number of esters is 1. The van der Waals surface area contributed by atoms with Crippen molar-refractivity contribution in [2.45, 2.75) is 175 Å². The van der Waals surface area contributed by atoms with E-state index < -0.39 is 5.41 Å². The first-order valence-corrected chi connectivity index (χ1v) is 16.3. The molecule has 0 amide bonds. The van der Waals surface area contributed by atoms with Crippen molar-refractivity contribution in [3.05, 3.63) is 12.2 Å². The summed E-state index contributed by atoms with van der Waals surface area (Å²) in [6.45, 7) is 25.9. The third-order valence-electron chi connectivity index (χ3n) is 10.2. The quantitative estimate of drug-likeness (QED) is 0.120. The van der Waals surface area contributed by atoms with Gasteiger partial charge in [-0.15, -0.1) is 0 Å². The Bertz CT molecular complexity index is 860. The molecule has 2 rings (SSSR count). The molecule has 0 aromatic rings. The Hall–Kier alpha value is -1.24. The SMILES string of the molecule is CCCCC(CCCC)(C(C)=O)C(=O)OC1CC(C)(C)N(CC=CCN2C(C)(C)CC(OC)CC2(C)C)C(C)(C)C1. The van der Waals surface area contributed by atoms with E-state index >= 15 is 0 Å². The molecule has 0 spiro atoms. The molecule has 0 aliphatic carbocycles. The molecule has 0 N–H and O–H groups in total. The van der Waals surface area contributed by atoms with Gasteiger partial charge in [0.25, 0.3) is 0 Å². The first kappa shape index (κ1) is 36.0. The summed E-state index contributed by atoms with van der Waals surface area (Å²) in [6.07, 6.45) is 13.2. The molecule has 2 saturated heterocycles. The first-order chi connectivity index (χ1) is 18.9. The largest absolute Gasteiger partial charge is 0.461 e. The van der Waals surface area contributed by atoms with Crippen molar-refractivity contribution in [1.29, 1.82) is 0 Å². The number of carbonyl (C=O) groups excluding carboxylic acids is 2. The molecule has 0 aromatic heterocycles. The van der Waals surface area contributed by atoms with Gasteiger partial charge in [0.15, 0.2) is 0 Å². The van der Waals surface area contributed by atoms with Gasteiger partial charge in [-0.1, -0.05) is 51.7 Å². The molecule has 2 fully saturated rings. The van der Waals surface area contributed by atoms with Crippen LogP contribution in [0, 0.1) is 5.41 Å². The lowest BCUT2D eigenvalue weighted by Gasteiger charge is -2.55. The first-order valence-electron chi connectivity index (χ1n) is 16.3. The molecule has 0 radical (unpaired) electrons. The summed E-state index contributed by atoms with van der Waals surface area (Å²) >= 11 is 0. The highest BCUT2D eigenvalue weighted by Gasteiger charge is 2.49. The van der Waals surface area contributed by atoms with Crippen LogP contribution in [0.15, 0.2) is 12.2 Å². The second kappa shape index (κ2) is 14.0. The lowest BCUT2D eigenvalue weighted by molar-refractivity contribution is -0.174. The van der Waals surface area contributed by atoms with E-state index in [1.54, 1.807) is 6.92 Å². The maximum absolute atomic E-state index is 13.7. The smallest absolute Gasteiger partial charge is 0.319 e. The number of carbonyl (C=O) groups is 2. The number of unbranched alkanes of at least 4 members (excludes halogenated alkanes) is 2. The van der Waals surface area contributed by atoms with Crippen LogP contribution in [0.25, 0.3) is 0 Å². The van der Waals surface area contributed by atoms with Gasteiger partial charge in [-0.2, -0.15) is 0 Å². The zero-order valence-electron chi connectivity index (χ0n) is 28.8. The number of methoxy groups -OCH3 is 1. The van der Waals surface area contributed by atoms with Crippen molar-refractivity contribution in [2.24, 2.45) is 5.41 Å². The van der Waals surface area contributed by atoms with Crippen LogP contribution in [0.3, 0.4) is 0 Å². The highest BCUT2D eigenvalue weighted by Crippen LogP contribution is 2.42. The van der Waals surface area contributed by atoms with E-state index in [0.29, 0.717) is 18.9 Å². The fourth-order valence-electron chi connectivity index (χ4n) is 8.10. The molecule has 0 unspecified atom stereocenters. The summed E-state index contributed by atoms with van der Waals surface area (Å²) in [5, 5.41) is 0. The molecular formula is C35H64N2O4. The summed E-state index contributed by atoms with van der Waals surface area (Å²) < 4.78 is 12.0. The maximum Gasteiger partial charge on any atom is 0.319 e. The van der Waals surface area contributed by atoms with Crippen LogP contribution in [-0.2, 0) is 19.1 Å². The number of hydrogen-bond acceptors (Lipinski definition) is 6. The molecule has 41 heavy (non-hydrogen) atoms. The second-order valence-electron chi connectivity index (χ2n) is 15.5. The molecular weight excluding hydrogens is 512 g/mol. The minimum Gasteiger partial charge on any atom is -0.461 e. The zero-order chi connectivity index (χ0) is 31.3. The van der Waals surface area contributed by atoms with E-state index in [1.165, 1.54) is 0 Å². The normalized spacial score (nSPS) is 23.6.